The summed E-state index contributed by atoms with van der Waals surface area (Å²) in [4.78, 5) is 24.2. The van der Waals surface area contributed by atoms with Crippen molar-refractivity contribution >= 4 is 23.0 Å². The topological polar surface area (TPSA) is 59.3 Å². The molecule has 0 saturated heterocycles. The van der Waals surface area contributed by atoms with Crippen LogP contribution in [0, 0.1) is 0 Å². The molecule has 1 amide bonds. The van der Waals surface area contributed by atoms with Crippen molar-refractivity contribution in [1.29, 1.82) is 0 Å². The molecule has 2 aromatic heterocycles. The number of rotatable bonds is 2. The number of hydrogen-bond acceptors (Lipinski definition) is 4. The molecule has 5 heteroatoms. The van der Waals surface area contributed by atoms with Crippen LogP contribution in [0.5, 0.6) is 0 Å². The Morgan fingerprint density at radius 3 is 3.12 bits per heavy atom. The zero-order chi connectivity index (χ0) is 11.8. The third kappa shape index (κ3) is 1.68. The van der Waals surface area contributed by atoms with E-state index in [0.29, 0.717) is 6.42 Å². The average Bonchev–Trinajstić information content (AvgIpc) is 3.00. The predicted molar refractivity (Wildman–Crippen MR) is 62.2 cm³/mol. The molecule has 0 spiro atoms. The van der Waals surface area contributed by atoms with Gasteiger partial charge in [0.15, 0.2) is 11.5 Å². The van der Waals surface area contributed by atoms with Crippen LogP contribution in [0.1, 0.15) is 38.3 Å². The van der Waals surface area contributed by atoms with Gasteiger partial charge in [-0.25, -0.2) is 0 Å². The average molecular weight is 247 g/mol. The van der Waals surface area contributed by atoms with E-state index in [9.17, 15) is 9.59 Å². The predicted octanol–water partition coefficient (Wildman–Crippen LogP) is 2.40. The fourth-order valence-corrected chi connectivity index (χ4v) is 2.89. The van der Waals surface area contributed by atoms with Crippen molar-refractivity contribution in [3.05, 3.63) is 46.0 Å². The van der Waals surface area contributed by atoms with Gasteiger partial charge >= 0.3 is 0 Å². The van der Waals surface area contributed by atoms with Crippen molar-refractivity contribution in [2.45, 2.75) is 12.5 Å². The van der Waals surface area contributed by atoms with Crippen LogP contribution in [0.3, 0.4) is 0 Å². The fraction of sp³-hybridized carbons (Fsp3) is 0.167. The van der Waals surface area contributed by atoms with E-state index in [-0.39, 0.29) is 23.5 Å². The Hall–Kier alpha value is -1.88. The van der Waals surface area contributed by atoms with Gasteiger partial charge in [0.05, 0.1) is 17.2 Å². The summed E-state index contributed by atoms with van der Waals surface area (Å²) in [6.07, 6.45) is 1.79. The first-order valence-corrected chi connectivity index (χ1v) is 6.08. The molecule has 0 saturated carbocycles. The Labute approximate surface area is 101 Å². The lowest BCUT2D eigenvalue weighted by atomic mass is 10.2. The van der Waals surface area contributed by atoms with Crippen LogP contribution in [0.25, 0.3) is 0 Å². The van der Waals surface area contributed by atoms with Gasteiger partial charge in [-0.1, -0.05) is 0 Å². The van der Waals surface area contributed by atoms with Gasteiger partial charge in [-0.2, -0.15) is 0 Å². The van der Waals surface area contributed by atoms with Crippen molar-refractivity contribution in [2.75, 3.05) is 0 Å². The molecule has 1 N–H and O–H groups in total. The quantitative estimate of drug-likeness (QED) is 0.886. The van der Waals surface area contributed by atoms with Gasteiger partial charge in [0.2, 0.25) is 0 Å². The highest BCUT2D eigenvalue weighted by atomic mass is 32.1. The third-order valence-corrected chi connectivity index (χ3v) is 3.74. The molecule has 3 rings (SSSR count). The van der Waals surface area contributed by atoms with E-state index in [4.69, 9.17) is 4.42 Å². The lowest BCUT2D eigenvalue weighted by Gasteiger charge is -2.10. The maximum atomic E-state index is 11.8. The summed E-state index contributed by atoms with van der Waals surface area (Å²) < 4.78 is 5.01. The number of hydrogen-bond donors (Lipinski definition) is 1. The number of nitrogens with one attached hydrogen (secondary N) is 1. The van der Waals surface area contributed by atoms with Gasteiger partial charge in [-0.15, -0.1) is 11.3 Å². The second kappa shape index (κ2) is 3.85. The summed E-state index contributed by atoms with van der Waals surface area (Å²) in [6, 6.07) is 4.92. The molecule has 1 atom stereocenters. The summed E-state index contributed by atoms with van der Waals surface area (Å²) in [5, 5.41) is 4.68. The molecule has 0 aromatic carbocycles. The van der Waals surface area contributed by atoms with E-state index in [0.717, 1.165) is 10.4 Å². The molecule has 17 heavy (non-hydrogen) atoms. The highest BCUT2D eigenvalue weighted by Crippen LogP contribution is 2.34. The van der Waals surface area contributed by atoms with E-state index in [1.165, 1.54) is 17.6 Å². The first-order valence-electron chi connectivity index (χ1n) is 5.20. The zero-order valence-electron chi connectivity index (χ0n) is 8.80. The van der Waals surface area contributed by atoms with Crippen LogP contribution >= 0.6 is 11.3 Å². The number of carbonyl (C=O) groups is 2. The summed E-state index contributed by atoms with van der Waals surface area (Å²) in [5.41, 5.74) is 0.917. The minimum atomic E-state index is -0.285. The maximum Gasteiger partial charge on any atom is 0.287 e. The van der Waals surface area contributed by atoms with Crippen LogP contribution < -0.4 is 5.32 Å². The van der Waals surface area contributed by atoms with Gasteiger partial charge in [0, 0.05) is 6.42 Å². The van der Waals surface area contributed by atoms with Crippen molar-refractivity contribution in [2.24, 2.45) is 0 Å². The standard InChI is InChI=1S/C12H9NO3S/c14-9-6-8(7-3-5-17-11(7)9)13-12(15)10-2-1-4-16-10/h1-5,8H,6H2,(H,13,15). The molecule has 1 unspecified atom stereocenters. The molecule has 1 aliphatic rings. The van der Waals surface area contributed by atoms with Crippen LogP contribution in [-0.2, 0) is 0 Å². The largest absolute Gasteiger partial charge is 0.459 e. The lowest BCUT2D eigenvalue weighted by molar-refractivity contribution is 0.0901. The normalized spacial score (nSPS) is 18.1. The second-order valence-corrected chi connectivity index (χ2v) is 4.75. The van der Waals surface area contributed by atoms with Gasteiger partial charge in [0.1, 0.15) is 0 Å². The fourth-order valence-electron chi connectivity index (χ4n) is 1.97. The first kappa shape index (κ1) is 10.3. The molecular formula is C12H9NO3S. The van der Waals surface area contributed by atoms with Gasteiger partial charge in [-0.3, -0.25) is 9.59 Å². The van der Waals surface area contributed by atoms with Gasteiger partial charge in [-0.05, 0) is 29.1 Å². The van der Waals surface area contributed by atoms with E-state index >= 15 is 0 Å². The molecule has 1 aliphatic carbocycles. The minimum absolute atomic E-state index is 0.0970. The summed E-state index contributed by atoms with van der Waals surface area (Å²) in [6.45, 7) is 0. The SMILES string of the molecule is O=C(NC1CC(=O)c2sccc21)c1ccco1. The van der Waals surface area contributed by atoms with E-state index in [2.05, 4.69) is 5.32 Å². The molecule has 0 fully saturated rings. The number of ketones is 1. The molecule has 0 aliphatic heterocycles. The number of furan rings is 1. The smallest absolute Gasteiger partial charge is 0.287 e. The van der Waals surface area contributed by atoms with Crippen molar-refractivity contribution < 1.29 is 14.0 Å². The highest BCUT2D eigenvalue weighted by molar-refractivity contribution is 7.12. The first-order chi connectivity index (χ1) is 8.25. The van der Waals surface area contributed by atoms with E-state index < -0.39 is 0 Å². The third-order valence-electron chi connectivity index (χ3n) is 2.76. The Morgan fingerprint density at radius 1 is 1.47 bits per heavy atom. The molecule has 86 valence electrons. The van der Waals surface area contributed by atoms with Crippen LogP contribution in [0.2, 0.25) is 0 Å². The minimum Gasteiger partial charge on any atom is -0.459 e. The molecule has 0 radical (unpaired) electrons. The zero-order valence-corrected chi connectivity index (χ0v) is 9.62. The van der Waals surface area contributed by atoms with Gasteiger partial charge < -0.3 is 9.73 Å². The Balaban J connectivity index is 1.80. The maximum absolute atomic E-state index is 11.8. The van der Waals surface area contributed by atoms with E-state index in [1.807, 2.05) is 11.4 Å². The number of amides is 1. The Morgan fingerprint density at radius 2 is 2.35 bits per heavy atom. The Kier molecular flexibility index (Phi) is 2.33. The number of thiophene rings is 1. The number of carbonyl (C=O) groups excluding carboxylic acids is 2. The summed E-state index contributed by atoms with van der Waals surface area (Å²) >= 11 is 1.42. The highest BCUT2D eigenvalue weighted by Gasteiger charge is 2.31. The molecule has 2 aromatic rings. The van der Waals surface area contributed by atoms with Gasteiger partial charge in [0.25, 0.3) is 5.91 Å². The molecule has 2 heterocycles. The molecular weight excluding hydrogens is 238 g/mol. The number of Topliss-reactive ketones (excluding diaryl/α,β-unsaturated/α-hetero) is 1. The van der Waals surface area contributed by atoms with Crippen LogP contribution in [0.4, 0.5) is 0 Å². The summed E-state index contributed by atoms with van der Waals surface area (Å²) in [7, 11) is 0. The second-order valence-electron chi connectivity index (χ2n) is 3.84. The molecule has 4 nitrogen and oxygen atoms in total. The van der Waals surface area contributed by atoms with Crippen LogP contribution in [0.15, 0.2) is 34.3 Å². The summed E-state index contributed by atoms with van der Waals surface area (Å²) in [5.74, 6) is 0.0766. The van der Waals surface area contributed by atoms with E-state index in [1.54, 1.807) is 12.1 Å². The number of fused-ring (bicyclic) bond motifs is 1. The monoisotopic (exact) mass is 247 g/mol. The molecule has 0 bridgehead atoms. The van der Waals surface area contributed by atoms with Crippen molar-refractivity contribution in [3.63, 3.8) is 0 Å². The lowest BCUT2D eigenvalue weighted by Crippen LogP contribution is -2.26. The van der Waals surface area contributed by atoms with Crippen LogP contribution in [-0.4, -0.2) is 11.7 Å². The van der Waals surface area contributed by atoms with Crippen molar-refractivity contribution in [1.82, 2.24) is 5.32 Å². The Bertz CT molecular complexity index is 570. The van der Waals surface area contributed by atoms with Crippen molar-refractivity contribution in [3.8, 4) is 0 Å².